The summed E-state index contributed by atoms with van der Waals surface area (Å²) in [5.41, 5.74) is 0.911. The maximum Gasteiger partial charge on any atom is 0.227 e. The zero-order valence-electron chi connectivity index (χ0n) is 12.6. The van der Waals surface area contributed by atoms with Crippen LogP contribution in [0.5, 0.6) is 0 Å². The van der Waals surface area contributed by atoms with Gasteiger partial charge in [-0.2, -0.15) is 4.98 Å². The van der Waals surface area contributed by atoms with E-state index >= 15 is 0 Å². The van der Waals surface area contributed by atoms with E-state index in [2.05, 4.69) is 27.4 Å². The first-order valence-corrected chi connectivity index (χ1v) is 8.06. The smallest absolute Gasteiger partial charge is 0.227 e. The molecule has 2 aromatic heterocycles. The van der Waals surface area contributed by atoms with E-state index in [-0.39, 0.29) is 0 Å². The first-order chi connectivity index (χ1) is 10.4. The van der Waals surface area contributed by atoms with Crippen LogP contribution in [-0.4, -0.2) is 27.7 Å². The van der Waals surface area contributed by atoms with Crippen molar-refractivity contribution in [2.24, 2.45) is 5.92 Å². The van der Waals surface area contributed by atoms with Gasteiger partial charge in [-0.1, -0.05) is 24.9 Å². The fourth-order valence-corrected chi connectivity index (χ4v) is 3.19. The number of hydrogen-bond donors (Lipinski definition) is 2. The molecule has 5 heteroatoms. The Morgan fingerprint density at radius 3 is 3.10 bits per heavy atom. The molecule has 1 fully saturated rings. The Morgan fingerprint density at radius 1 is 1.38 bits per heavy atom. The average Bonchev–Trinajstić information content (AvgIpc) is 3.17. The number of aromatic nitrogens is 3. The van der Waals surface area contributed by atoms with E-state index < -0.39 is 0 Å². The number of aromatic amines is 1. The maximum absolute atomic E-state index is 5.44. The van der Waals surface area contributed by atoms with Crippen LogP contribution in [0, 0.1) is 5.92 Å². The minimum Gasteiger partial charge on any atom is -0.359 e. The summed E-state index contributed by atoms with van der Waals surface area (Å²) in [6.45, 7) is 3.31. The highest BCUT2D eigenvalue weighted by Gasteiger charge is 2.26. The summed E-state index contributed by atoms with van der Waals surface area (Å²) in [5, 5.41) is 7.75. The number of hydrogen-bond acceptors (Lipinski definition) is 4. The molecule has 0 aliphatic heterocycles. The molecule has 5 nitrogen and oxygen atoms in total. The van der Waals surface area contributed by atoms with E-state index in [0.29, 0.717) is 17.8 Å². The Kier molecular flexibility index (Phi) is 4.70. The number of nitrogens with one attached hydrogen (secondary N) is 2. The van der Waals surface area contributed by atoms with Gasteiger partial charge in [0.05, 0.1) is 5.69 Å². The van der Waals surface area contributed by atoms with E-state index in [9.17, 15) is 0 Å². The second-order valence-electron chi connectivity index (χ2n) is 5.90. The van der Waals surface area contributed by atoms with E-state index in [0.717, 1.165) is 24.6 Å². The molecule has 2 N–H and O–H groups in total. The maximum atomic E-state index is 5.44. The Bertz CT molecular complexity index is 534. The largest absolute Gasteiger partial charge is 0.359 e. The molecule has 2 atom stereocenters. The zero-order chi connectivity index (χ0) is 14.5. The van der Waals surface area contributed by atoms with Gasteiger partial charge in [0.2, 0.25) is 11.7 Å². The lowest BCUT2D eigenvalue weighted by Crippen LogP contribution is -2.39. The molecule has 3 rings (SSSR count). The minimum atomic E-state index is 0.597. The SMILES string of the molecule is CCCNC1CCCCC1Cc1nc(-c2ccc[nH]2)no1. The fourth-order valence-electron chi connectivity index (χ4n) is 3.19. The highest BCUT2D eigenvalue weighted by Crippen LogP contribution is 2.27. The summed E-state index contributed by atoms with van der Waals surface area (Å²) >= 11 is 0. The lowest BCUT2D eigenvalue weighted by molar-refractivity contribution is 0.240. The van der Waals surface area contributed by atoms with Gasteiger partial charge in [0.1, 0.15) is 0 Å². The Hall–Kier alpha value is -1.62. The van der Waals surface area contributed by atoms with Crippen molar-refractivity contribution in [3.8, 4) is 11.5 Å². The van der Waals surface area contributed by atoms with Gasteiger partial charge in [0.25, 0.3) is 0 Å². The highest BCUT2D eigenvalue weighted by atomic mass is 16.5. The predicted molar refractivity (Wildman–Crippen MR) is 81.8 cm³/mol. The van der Waals surface area contributed by atoms with Gasteiger partial charge >= 0.3 is 0 Å². The molecule has 0 radical (unpaired) electrons. The van der Waals surface area contributed by atoms with Crippen LogP contribution < -0.4 is 5.32 Å². The predicted octanol–water partition coefficient (Wildman–Crippen LogP) is 3.17. The molecule has 1 saturated carbocycles. The fraction of sp³-hybridized carbons (Fsp3) is 0.625. The monoisotopic (exact) mass is 288 g/mol. The van der Waals surface area contributed by atoms with Gasteiger partial charge in [-0.05, 0) is 43.9 Å². The molecule has 2 aromatic rings. The highest BCUT2D eigenvalue weighted by molar-refractivity contribution is 5.47. The van der Waals surface area contributed by atoms with Crippen molar-refractivity contribution >= 4 is 0 Å². The van der Waals surface area contributed by atoms with Crippen LogP contribution in [0.4, 0.5) is 0 Å². The standard InChI is InChI=1S/C16H24N4O/c1-2-9-17-13-7-4-3-6-12(13)11-15-19-16(20-21-15)14-8-5-10-18-14/h5,8,10,12-13,17-18H,2-4,6-7,9,11H2,1H3. The van der Waals surface area contributed by atoms with E-state index in [4.69, 9.17) is 4.52 Å². The lowest BCUT2D eigenvalue weighted by Gasteiger charge is -2.31. The summed E-state index contributed by atoms with van der Waals surface area (Å²) in [6.07, 6.45) is 9.10. The Labute approximate surface area is 125 Å². The number of H-pyrrole nitrogens is 1. The van der Waals surface area contributed by atoms with Crippen LogP contribution in [0.3, 0.4) is 0 Å². The van der Waals surface area contributed by atoms with Gasteiger partial charge in [-0.15, -0.1) is 0 Å². The molecule has 0 bridgehead atoms. The van der Waals surface area contributed by atoms with Crippen molar-refractivity contribution < 1.29 is 4.52 Å². The van der Waals surface area contributed by atoms with Gasteiger partial charge in [0.15, 0.2) is 0 Å². The van der Waals surface area contributed by atoms with Crippen LogP contribution in [0.2, 0.25) is 0 Å². The first kappa shape index (κ1) is 14.3. The Morgan fingerprint density at radius 2 is 2.29 bits per heavy atom. The summed E-state index contributed by atoms with van der Waals surface area (Å²) in [5.74, 6) is 2.03. The third-order valence-corrected chi connectivity index (χ3v) is 4.31. The van der Waals surface area contributed by atoms with Crippen molar-refractivity contribution in [3.63, 3.8) is 0 Å². The summed E-state index contributed by atoms with van der Waals surface area (Å²) < 4.78 is 5.44. The molecule has 1 aliphatic carbocycles. The lowest BCUT2D eigenvalue weighted by atomic mass is 9.82. The molecule has 0 saturated heterocycles. The molecule has 1 aliphatic rings. The third kappa shape index (κ3) is 3.53. The second-order valence-corrected chi connectivity index (χ2v) is 5.90. The summed E-state index contributed by atoms with van der Waals surface area (Å²) in [4.78, 5) is 7.63. The molecule has 2 heterocycles. The molecular weight excluding hydrogens is 264 g/mol. The molecule has 2 unspecified atom stereocenters. The molecule has 21 heavy (non-hydrogen) atoms. The molecular formula is C16H24N4O. The average molecular weight is 288 g/mol. The number of rotatable bonds is 6. The van der Waals surface area contributed by atoms with Crippen LogP contribution in [0.15, 0.2) is 22.9 Å². The normalized spacial score (nSPS) is 22.5. The van der Waals surface area contributed by atoms with E-state index in [1.54, 1.807) is 0 Å². The van der Waals surface area contributed by atoms with Crippen molar-refractivity contribution in [2.45, 2.75) is 51.5 Å². The summed E-state index contributed by atoms with van der Waals surface area (Å²) in [7, 11) is 0. The molecule has 0 spiro atoms. The van der Waals surface area contributed by atoms with Crippen molar-refractivity contribution in [1.82, 2.24) is 20.4 Å². The second kappa shape index (κ2) is 6.89. The van der Waals surface area contributed by atoms with Crippen molar-refractivity contribution in [3.05, 3.63) is 24.2 Å². The molecule has 114 valence electrons. The van der Waals surface area contributed by atoms with Gasteiger partial charge in [-0.25, -0.2) is 0 Å². The molecule has 0 aromatic carbocycles. The van der Waals surface area contributed by atoms with E-state index in [1.807, 2.05) is 18.3 Å². The van der Waals surface area contributed by atoms with Crippen LogP contribution >= 0.6 is 0 Å². The topological polar surface area (TPSA) is 66.7 Å². The third-order valence-electron chi connectivity index (χ3n) is 4.31. The van der Waals surface area contributed by atoms with Crippen LogP contribution in [0.25, 0.3) is 11.5 Å². The zero-order valence-corrected chi connectivity index (χ0v) is 12.6. The van der Waals surface area contributed by atoms with Crippen LogP contribution in [0.1, 0.15) is 44.9 Å². The van der Waals surface area contributed by atoms with Crippen LogP contribution in [-0.2, 0) is 6.42 Å². The van der Waals surface area contributed by atoms with Gasteiger partial charge in [-0.3, -0.25) is 0 Å². The molecule has 0 amide bonds. The van der Waals surface area contributed by atoms with Crippen molar-refractivity contribution in [2.75, 3.05) is 6.54 Å². The minimum absolute atomic E-state index is 0.597. The first-order valence-electron chi connectivity index (χ1n) is 8.06. The van der Waals surface area contributed by atoms with Gasteiger partial charge < -0.3 is 14.8 Å². The quantitative estimate of drug-likeness (QED) is 0.857. The Balaban J connectivity index is 1.64. The van der Waals surface area contributed by atoms with Gasteiger partial charge in [0, 0.05) is 18.7 Å². The number of nitrogens with zero attached hydrogens (tertiary/aromatic N) is 2. The van der Waals surface area contributed by atoms with Crippen molar-refractivity contribution in [1.29, 1.82) is 0 Å². The summed E-state index contributed by atoms with van der Waals surface area (Å²) in [6, 6.07) is 4.50. The van der Waals surface area contributed by atoms with E-state index in [1.165, 1.54) is 32.1 Å².